The molecule has 0 unspecified atom stereocenters. The summed E-state index contributed by atoms with van der Waals surface area (Å²) in [6, 6.07) is 2.31. The maximum Gasteiger partial charge on any atom is 0.354 e. The lowest BCUT2D eigenvalue weighted by Crippen LogP contribution is -2.41. The number of aromatic nitrogens is 1. The predicted molar refractivity (Wildman–Crippen MR) is 70.6 cm³/mol. The van der Waals surface area contributed by atoms with Gasteiger partial charge in [-0.15, -0.1) is 0 Å². The van der Waals surface area contributed by atoms with Gasteiger partial charge in [-0.1, -0.05) is 6.92 Å². The number of carboxylic acids is 1. The summed E-state index contributed by atoms with van der Waals surface area (Å²) in [5, 5.41) is 19.9. The third kappa shape index (κ3) is 2.98. The van der Waals surface area contributed by atoms with Crippen molar-refractivity contribution in [2.75, 3.05) is 11.9 Å². The van der Waals surface area contributed by atoms with Crippen LogP contribution in [0.5, 0.6) is 0 Å². The van der Waals surface area contributed by atoms with Crippen molar-refractivity contribution in [1.82, 2.24) is 4.98 Å². The first-order valence-electron chi connectivity index (χ1n) is 5.83. The van der Waals surface area contributed by atoms with Crippen LogP contribution in [0, 0.1) is 10.1 Å². The number of hydrogen-bond donors (Lipinski definition) is 1. The largest absolute Gasteiger partial charge is 0.477 e. The van der Waals surface area contributed by atoms with Crippen LogP contribution in [0.3, 0.4) is 0 Å². The van der Waals surface area contributed by atoms with Gasteiger partial charge in [0.25, 0.3) is 0 Å². The van der Waals surface area contributed by atoms with Gasteiger partial charge in [-0.25, -0.2) is 9.78 Å². The SMILES string of the molecule is CCC(C)(C)N(C)c1nc(C(=O)O)ccc1[N+](=O)[O-]. The minimum absolute atomic E-state index is 0.0664. The van der Waals surface area contributed by atoms with E-state index in [1.165, 1.54) is 6.07 Å². The van der Waals surface area contributed by atoms with Crippen LogP contribution < -0.4 is 4.90 Å². The smallest absolute Gasteiger partial charge is 0.354 e. The molecule has 0 amide bonds. The van der Waals surface area contributed by atoms with Gasteiger partial charge in [0.15, 0.2) is 5.69 Å². The molecule has 0 aromatic carbocycles. The topological polar surface area (TPSA) is 96.6 Å². The zero-order valence-corrected chi connectivity index (χ0v) is 11.4. The van der Waals surface area contributed by atoms with E-state index >= 15 is 0 Å². The van der Waals surface area contributed by atoms with Crippen LogP contribution in [0.25, 0.3) is 0 Å². The third-order valence-corrected chi connectivity index (χ3v) is 3.36. The summed E-state index contributed by atoms with van der Waals surface area (Å²) in [4.78, 5) is 26.9. The van der Waals surface area contributed by atoms with E-state index in [1.807, 2.05) is 20.8 Å². The lowest BCUT2D eigenvalue weighted by atomic mass is 10.00. The molecular weight excluding hydrogens is 250 g/mol. The van der Waals surface area contributed by atoms with Gasteiger partial charge in [0.05, 0.1) is 4.92 Å². The van der Waals surface area contributed by atoms with Gasteiger partial charge >= 0.3 is 11.7 Å². The van der Waals surface area contributed by atoms with E-state index in [0.29, 0.717) is 0 Å². The second kappa shape index (κ2) is 5.21. The number of nitrogens with zero attached hydrogens (tertiary/aromatic N) is 3. The number of hydrogen-bond acceptors (Lipinski definition) is 5. The molecule has 0 aliphatic rings. The monoisotopic (exact) mass is 267 g/mol. The Kier molecular flexibility index (Phi) is 4.08. The van der Waals surface area contributed by atoms with E-state index in [9.17, 15) is 14.9 Å². The maximum absolute atomic E-state index is 11.0. The first-order chi connectivity index (χ1) is 8.70. The molecule has 0 spiro atoms. The highest BCUT2D eigenvalue weighted by Gasteiger charge is 2.29. The molecule has 1 aromatic rings. The average Bonchev–Trinajstić information content (AvgIpc) is 2.36. The number of rotatable bonds is 5. The number of carboxylic acid groups (broad SMARTS) is 1. The second-order valence-corrected chi connectivity index (χ2v) is 4.83. The maximum atomic E-state index is 11.0. The van der Waals surface area contributed by atoms with Crippen LogP contribution in [-0.4, -0.2) is 33.6 Å². The van der Waals surface area contributed by atoms with Crippen molar-refractivity contribution in [3.05, 3.63) is 27.9 Å². The molecule has 7 heteroatoms. The minimum atomic E-state index is -1.21. The zero-order valence-electron chi connectivity index (χ0n) is 11.4. The Morgan fingerprint density at radius 1 is 1.53 bits per heavy atom. The molecule has 104 valence electrons. The molecule has 0 radical (unpaired) electrons. The van der Waals surface area contributed by atoms with E-state index in [1.54, 1.807) is 11.9 Å². The number of pyridine rings is 1. The van der Waals surface area contributed by atoms with Crippen molar-refractivity contribution in [2.24, 2.45) is 0 Å². The number of aromatic carboxylic acids is 1. The van der Waals surface area contributed by atoms with E-state index in [0.717, 1.165) is 12.5 Å². The molecular formula is C12H17N3O4. The predicted octanol–water partition coefficient (Wildman–Crippen LogP) is 2.31. The highest BCUT2D eigenvalue weighted by molar-refractivity contribution is 5.86. The Hall–Kier alpha value is -2.18. The molecule has 1 aromatic heterocycles. The Labute approximate surface area is 111 Å². The molecule has 0 saturated carbocycles. The van der Waals surface area contributed by atoms with Crippen LogP contribution in [0.2, 0.25) is 0 Å². The van der Waals surface area contributed by atoms with Crippen molar-refractivity contribution in [1.29, 1.82) is 0 Å². The fourth-order valence-corrected chi connectivity index (χ4v) is 1.47. The highest BCUT2D eigenvalue weighted by Crippen LogP contribution is 2.31. The number of anilines is 1. The van der Waals surface area contributed by atoms with Gasteiger partial charge < -0.3 is 10.0 Å². The summed E-state index contributed by atoms with van der Waals surface area (Å²) in [7, 11) is 1.67. The first-order valence-corrected chi connectivity index (χ1v) is 5.83. The molecule has 1 heterocycles. The van der Waals surface area contributed by atoms with Crippen LogP contribution in [-0.2, 0) is 0 Å². The van der Waals surface area contributed by atoms with Gasteiger partial charge in [0.1, 0.15) is 0 Å². The summed E-state index contributed by atoms with van der Waals surface area (Å²) >= 11 is 0. The van der Waals surface area contributed by atoms with Crippen molar-refractivity contribution in [3.8, 4) is 0 Å². The van der Waals surface area contributed by atoms with E-state index in [4.69, 9.17) is 5.11 Å². The van der Waals surface area contributed by atoms with E-state index in [2.05, 4.69) is 4.98 Å². The first kappa shape index (κ1) is 14.9. The Morgan fingerprint density at radius 3 is 2.53 bits per heavy atom. The molecule has 0 aliphatic heterocycles. The normalized spacial score (nSPS) is 11.2. The second-order valence-electron chi connectivity index (χ2n) is 4.83. The van der Waals surface area contributed by atoms with Gasteiger partial charge in [0, 0.05) is 18.7 Å². The standard InChI is InChI=1S/C12H17N3O4/c1-5-12(2,3)14(4)10-9(15(18)19)7-6-8(13-10)11(16)17/h6-7H,5H2,1-4H3,(H,16,17). The van der Waals surface area contributed by atoms with E-state index < -0.39 is 10.9 Å². The zero-order chi connectivity index (χ0) is 14.8. The lowest BCUT2D eigenvalue weighted by Gasteiger charge is -2.35. The van der Waals surface area contributed by atoms with Crippen molar-refractivity contribution in [3.63, 3.8) is 0 Å². The Balaban J connectivity index is 3.40. The summed E-state index contributed by atoms with van der Waals surface area (Å²) in [6.07, 6.45) is 0.736. The molecule has 19 heavy (non-hydrogen) atoms. The molecule has 0 atom stereocenters. The van der Waals surface area contributed by atoms with Crippen LogP contribution in [0.15, 0.2) is 12.1 Å². The number of carbonyl (C=O) groups is 1. The van der Waals surface area contributed by atoms with Crippen molar-refractivity contribution < 1.29 is 14.8 Å². The average molecular weight is 267 g/mol. The van der Waals surface area contributed by atoms with Gasteiger partial charge in [-0.3, -0.25) is 10.1 Å². The molecule has 1 rings (SSSR count). The summed E-state index contributed by atoms with van der Waals surface area (Å²) in [5.74, 6) is -1.14. The number of nitro groups is 1. The summed E-state index contributed by atoms with van der Waals surface area (Å²) in [6.45, 7) is 5.76. The Morgan fingerprint density at radius 2 is 2.11 bits per heavy atom. The highest BCUT2D eigenvalue weighted by atomic mass is 16.6. The quantitative estimate of drug-likeness (QED) is 0.649. The summed E-state index contributed by atoms with van der Waals surface area (Å²) in [5.41, 5.74) is -0.775. The molecule has 0 bridgehead atoms. The molecule has 0 aliphatic carbocycles. The molecule has 0 fully saturated rings. The molecule has 0 saturated heterocycles. The van der Waals surface area contributed by atoms with Crippen LogP contribution in [0.4, 0.5) is 11.5 Å². The fourth-order valence-electron chi connectivity index (χ4n) is 1.47. The fraction of sp³-hybridized carbons (Fsp3) is 0.500. The molecule has 7 nitrogen and oxygen atoms in total. The van der Waals surface area contributed by atoms with Crippen molar-refractivity contribution >= 4 is 17.5 Å². The van der Waals surface area contributed by atoms with Crippen molar-refractivity contribution in [2.45, 2.75) is 32.7 Å². The minimum Gasteiger partial charge on any atom is -0.477 e. The van der Waals surface area contributed by atoms with Crippen LogP contribution in [0.1, 0.15) is 37.7 Å². The van der Waals surface area contributed by atoms with E-state index in [-0.39, 0.29) is 22.7 Å². The Bertz CT molecular complexity index is 514. The van der Waals surface area contributed by atoms with Gasteiger partial charge in [-0.05, 0) is 26.3 Å². The lowest BCUT2D eigenvalue weighted by molar-refractivity contribution is -0.384. The molecule has 1 N–H and O–H groups in total. The van der Waals surface area contributed by atoms with Gasteiger partial charge in [0.2, 0.25) is 5.82 Å². The van der Waals surface area contributed by atoms with Gasteiger partial charge in [-0.2, -0.15) is 0 Å². The van der Waals surface area contributed by atoms with Crippen LogP contribution >= 0.6 is 0 Å². The third-order valence-electron chi connectivity index (χ3n) is 3.36. The summed E-state index contributed by atoms with van der Waals surface area (Å²) < 4.78 is 0.